The SMILES string of the molecule is CNC(=O)N(C)CCc1csc2ccccc12. The molecular weight excluding hydrogens is 232 g/mol. The summed E-state index contributed by atoms with van der Waals surface area (Å²) in [6.07, 6.45) is 0.897. The molecule has 1 aromatic heterocycles. The molecule has 0 radical (unpaired) electrons. The van der Waals surface area contributed by atoms with Crippen molar-refractivity contribution in [1.82, 2.24) is 10.2 Å². The summed E-state index contributed by atoms with van der Waals surface area (Å²) in [5.74, 6) is 0. The Morgan fingerprint density at radius 3 is 2.94 bits per heavy atom. The Labute approximate surface area is 105 Å². The van der Waals surface area contributed by atoms with Crippen molar-refractivity contribution in [2.45, 2.75) is 6.42 Å². The predicted octanol–water partition coefficient (Wildman–Crippen LogP) is 2.72. The van der Waals surface area contributed by atoms with E-state index in [0.29, 0.717) is 0 Å². The second-order valence-electron chi connectivity index (χ2n) is 3.98. The van der Waals surface area contributed by atoms with Crippen molar-refractivity contribution in [2.24, 2.45) is 0 Å². The van der Waals surface area contributed by atoms with Crippen molar-refractivity contribution in [3.63, 3.8) is 0 Å². The first-order chi connectivity index (χ1) is 8.22. The van der Waals surface area contributed by atoms with Gasteiger partial charge in [0.2, 0.25) is 0 Å². The Morgan fingerprint density at radius 1 is 1.41 bits per heavy atom. The highest BCUT2D eigenvalue weighted by molar-refractivity contribution is 7.17. The van der Waals surface area contributed by atoms with Gasteiger partial charge in [0.15, 0.2) is 0 Å². The zero-order valence-electron chi connectivity index (χ0n) is 10.1. The van der Waals surface area contributed by atoms with Gasteiger partial charge in [-0.25, -0.2) is 4.79 Å². The number of hydrogen-bond donors (Lipinski definition) is 1. The van der Waals surface area contributed by atoms with Gasteiger partial charge in [-0.1, -0.05) is 18.2 Å². The van der Waals surface area contributed by atoms with Gasteiger partial charge in [-0.05, 0) is 28.8 Å². The lowest BCUT2D eigenvalue weighted by atomic mass is 10.1. The number of carbonyl (C=O) groups excluding carboxylic acids is 1. The Hall–Kier alpha value is -1.55. The van der Waals surface area contributed by atoms with Crippen molar-refractivity contribution >= 4 is 27.5 Å². The number of nitrogens with zero attached hydrogens (tertiary/aromatic N) is 1. The number of hydrogen-bond acceptors (Lipinski definition) is 2. The molecule has 2 amide bonds. The van der Waals surface area contributed by atoms with E-state index in [-0.39, 0.29) is 6.03 Å². The minimum atomic E-state index is -0.0375. The van der Waals surface area contributed by atoms with Crippen LogP contribution in [0.4, 0.5) is 4.79 Å². The first-order valence-electron chi connectivity index (χ1n) is 5.60. The lowest BCUT2D eigenvalue weighted by Crippen LogP contribution is -2.36. The molecule has 0 saturated carbocycles. The van der Waals surface area contributed by atoms with E-state index in [1.807, 2.05) is 7.05 Å². The molecule has 0 bridgehead atoms. The average molecular weight is 248 g/mol. The topological polar surface area (TPSA) is 32.3 Å². The number of fused-ring (bicyclic) bond motifs is 1. The van der Waals surface area contributed by atoms with E-state index in [2.05, 4.69) is 35.0 Å². The molecule has 0 aliphatic rings. The van der Waals surface area contributed by atoms with Crippen molar-refractivity contribution in [3.8, 4) is 0 Å². The van der Waals surface area contributed by atoms with Gasteiger partial charge in [0.25, 0.3) is 0 Å². The van der Waals surface area contributed by atoms with Crippen LogP contribution in [0.2, 0.25) is 0 Å². The molecule has 90 valence electrons. The highest BCUT2D eigenvalue weighted by Gasteiger charge is 2.08. The smallest absolute Gasteiger partial charge is 0.316 e. The molecule has 0 saturated heterocycles. The van der Waals surface area contributed by atoms with Crippen LogP contribution in [0.1, 0.15) is 5.56 Å². The molecule has 4 heteroatoms. The van der Waals surface area contributed by atoms with Gasteiger partial charge < -0.3 is 10.2 Å². The first-order valence-corrected chi connectivity index (χ1v) is 6.48. The molecule has 2 rings (SSSR count). The van der Waals surface area contributed by atoms with Gasteiger partial charge in [-0.2, -0.15) is 0 Å². The molecule has 0 atom stereocenters. The quantitative estimate of drug-likeness (QED) is 0.890. The first kappa shape index (κ1) is 11.9. The van der Waals surface area contributed by atoms with E-state index in [1.165, 1.54) is 15.6 Å². The second-order valence-corrected chi connectivity index (χ2v) is 4.90. The van der Waals surface area contributed by atoms with Crippen molar-refractivity contribution in [1.29, 1.82) is 0 Å². The van der Waals surface area contributed by atoms with Crippen LogP contribution in [0.5, 0.6) is 0 Å². The zero-order chi connectivity index (χ0) is 12.3. The van der Waals surface area contributed by atoms with Crippen molar-refractivity contribution in [3.05, 3.63) is 35.2 Å². The Morgan fingerprint density at radius 2 is 2.18 bits per heavy atom. The number of likely N-dealkylation sites (N-methyl/N-ethyl adjacent to an activating group) is 1. The third-order valence-electron chi connectivity index (χ3n) is 2.84. The number of urea groups is 1. The van der Waals surface area contributed by atoms with Gasteiger partial charge in [0.1, 0.15) is 0 Å². The Balaban J connectivity index is 2.07. The molecule has 0 aliphatic heterocycles. The summed E-state index contributed by atoms with van der Waals surface area (Å²) in [6.45, 7) is 0.737. The van der Waals surface area contributed by atoms with E-state index in [1.54, 1.807) is 23.3 Å². The van der Waals surface area contributed by atoms with Crippen molar-refractivity contribution < 1.29 is 4.79 Å². The van der Waals surface area contributed by atoms with Crippen LogP contribution < -0.4 is 5.32 Å². The van der Waals surface area contributed by atoms with Crippen LogP contribution >= 0.6 is 11.3 Å². The summed E-state index contributed by atoms with van der Waals surface area (Å²) in [4.78, 5) is 13.1. The molecule has 0 spiro atoms. The highest BCUT2D eigenvalue weighted by atomic mass is 32.1. The maximum atomic E-state index is 11.4. The Bertz CT molecular complexity index is 521. The molecule has 1 N–H and O–H groups in total. The molecule has 0 aliphatic carbocycles. The number of amides is 2. The van der Waals surface area contributed by atoms with E-state index >= 15 is 0 Å². The third-order valence-corrected chi connectivity index (χ3v) is 3.85. The summed E-state index contributed by atoms with van der Waals surface area (Å²) in [7, 11) is 3.46. The lowest BCUT2D eigenvalue weighted by Gasteiger charge is -2.15. The molecule has 1 aromatic carbocycles. The maximum absolute atomic E-state index is 11.4. The zero-order valence-corrected chi connectivity index (χ0v) is 10.9. The van der Waals surface area contributed by atoms with Gasteiger partial charge >= 0.3 is 6.03 Å². The summed E-state index contributed by atoms with van der Waals surface area (Å²) in [5, 5.41) is 6.11. The van der Waals surface area contributed by atoms with E-state index in [0.717, 1.165) is 13.0 Å². The summed E-state index contributed by atoms with van der Waals surface area (Å²) >= 11 is 1.76. The van der Waals surface area contributed by atoms with Gasteiger partial charge in [-0.3, -0.25) is 0 Å². The van der Waals surface area contributed by atoms with E-state index < -0.39 is 0 Å². The van der Waals surface area contributed by atoms with E-state index in [9.17, 15) is 4.79 Å². The van der Waals surface area contributed by atoms with Crippen LogP contribution in [-0.2, 0) is 6.42 Å². The fourth-order valence-electron chi connectivity index (χ4n) is 1.81. The van der Waals surface area contributed by atoms with Crippen LogP contribution in [0.3, 0.4) is 0 Å². The number of benzene rings is 1. The van der Waals surface area contributed by atoms with Crippen LogP contribution in [0.25, 0.3) is 10.1 Å². The van der Waals surface area contributed by atoms with Crippen LogP contribution in [-0.4, -0.2) is 31.6 Å². The molecule has 0 unspecified atom stereocenters. The van der Waals surface area contributed by atoms with Crippen LogP contribution in [0, 0.1) is 0 Å². The molecular formula is C13H16N2OS. The normalized spacial score (nSPS) is 10.5. The summed E-state index contributed by atoms with van der Waals surface area (Å²) < 4.78 is 1.31. The highest BCUT2D eigenvalue weighted by Crippen LogP contribution is 2.25. The average Bonchev–Trinajstić information content (AvgIpc) is 2.78. The fourth-order valence-corrected chi connectivity index (χ4v) is 2.80. The van der Waals surface area contributed by atoms with Crippen molar-refractivity contribution in [2.75, 3.05) is 20.6 Å². The van der Waals surface area contributed by atoms with Crippen LogP contribution in [0.15, 0.2) is 29.6 Å². The number of nitrogens with one attached hydrogen (secondary N) is 1. The largest absolute Gasteiger partial charge is 0.341 e. The van der Waals surface area contributed by atoms with Gasteiger partial charge in [0.05, 0.1) is 0 Å². The molecule has 2 aromatic rings. The Kier molecular flexibility index (Phi) is 3.64. The molecule has 3 nitrogen and oxygen atoms in total. The van der Waals surface area contributed by atoms with Gasteiger partial charge in [-0.15, -0.1) is 11.3 Å². The second kappa shape index (κ2) is 5.19. The maximum Gasteiger partial charge on any atom is 0.316 e. The number of carbonyl (C=O) groups is 1. The predicted molar refractivity (Wildman–Crippen MR) is 72.6 cm³/mol. The minimum absolute atomic E-state index is 0.0375. The molecule has 1 heterocycles. The minimum Gasteiger partial charge on any atom is -0.341 e. The van der Waals surface area contributed by atoms with E-state index in [4.69, 9.17) is 0 Å². The summed E-state index contributed by atoms with van der Waals surface area (Å²) in [5.41, 5.74) is 1.32. The lowest BCUT2D eigenvalue weighted by molar-refractivity contribution is 0.211. The third kappa shape index (κ3) is 2.58. The van der Waals surface area contributed by atoms with Gasteiger partial charge in [0, 0.05) is 25.3 Å². The monoisotopic (exact) mass is 248 g/mol. The standard InChI is InChI=1S/C13H16N2OS/c1-14-13(16)15(2)8-7-10-9-17-12-6-4-3-5-11(10)12/h3-6,9H,7-8H2,1-2H3,(H,14,16). The summed E-state index contributed by atoms with van der Waals surface area (Å²) in [6, 6.07) is 8.34. The number of thiophene rings is 1. The molecule has 17 heavy (non-hydrogen) atoms. The fraction of sp³-hybridized carbons (Fsp3) is 0.308. The molecule has 0 fully saturated rings. The number of rotatable bonds is 3.